The van der Waals surface area contributed by atoms with Crippen LogP contribution in [0.4, 0.5) is 5.13 Å². The van der Waals surface area contributed by atoms with Gasteiger partial charge in [0.15, 0.2) is 5.13 Å². The molecular formula is C13H24N4S. The van der Waals surface area contributed by atoms with Gasteiger partial charge in [-0.25, -0.2) is 4.98 Å². The van der Waals surface area contributed by atoms with E-state index in [1.807, 2.05) is 0 Å². The van der Waals surface area contributed by atoms with E-state index in [1.54, 1.807) is 11.3 Å². The van der Waals surface area contributed by atoms with Gasteiger partial charge in [0.2, 0.25) is 0 Å². The topological polar surface area (TPSA) is 31.4 Å². The average Bonchev–Trinajstić information content (AvgIpc) is 2.78. The monoisotopic (exact) mass is 268 g/mol. The maximum atomic E-state index is 4.79. The summed E-state index contributed by atoms with van der Waals surface area (Å²) in [5.41, 5.74) is 1.17. The highest BCUT2D eigenvalue weighted by atomic mass is 32.1. The fourth-order valence-electron chi connectivity index (χ4n) is 2.44. The molecule has 1 saturated heterocycles. The quantitative estimate of drug-likeness (QED) is 0.904. The first-order valence-corrected chi connectivity index (χ1v) is 7.63. The van der Waals surface area contributed by atoms with E-state index < -0.39 is 0 Å². The summed E-state index contributed by atoms with van der Waals surface area (Å²) in [4.78, 5) is 9.61. The Balaban J connectivity index is 2.05. The summed E-state index contributed by atoms with van der Waals surface area (Å²) in [5, 5.41) is 6.78. The largest absolute Gasteiger partial charge is 0.343 e. The molecule has 0 amide bonds. The molecule has 2 atom stereocenters. The standard InChI is InChI=1S/C13H24N4S/c1-5-14-11(3)12-9-18-13(15-12)17-7-6-16(4)8-10(17)2/h9-11,14H,5-8H2,1-4H3. The average molecular weight is 268 g/mol. The Hall–Kier alpha value is -0.650. The molecule has 2 rings (SSSR count). The van der Waals surface area contributed by atoms with Gasteiger partial charge in [0.25, 0.3) is 0 Å². The Morgan fingerprint density at radius 3 is 3.00 bits per heavy atom. The minimum Gasteiger partial charge on any atom is -0.343 e. The van der Waals surface area contributed by atoms with E-state index in [0.29, 0.717) is 12.1 Å². The van der Waals surface area contributed by atoms with Gasteiger partial charge in [0.05, 0.1) is 5.69 Å². The van der Waals surface area contributed by atoms with Gasteiger partial charge in [-0.1, -0.05) is 6.92 Å². The first-order chi connectivity index (χ1) is 8.61. The molecule has 0 bridgehead atoms. The van der Waals surface area contributed by atoms with Gasteiger partial charge in [-0.2, -0.15) is 0 Å². The van der Waals surface area contributed by atoms with Crippen LogP contribution >= 0.6 is 11.3 Å². The molecule has 1 N–H and O–H groups in total. The van der Waals surface area contributed by atoms with Gasteiger partial charge in [-0.15, -0.1) is 11.3 Å². The Morgan fingerprint density at radius 2 is 2.33 bits per heavy atom. The molecule has 0 saturated carbocycles. The van der Waals surface area contributed by atoms with Crippen LogP contribution in [0.3, 0.4) is 0 Å². The van der Waals surface area contributed by atoms with Crippen molar-refractivity contribution < 1.29 is 0 Å². The summed E-state index contributed by atoms with van der Waals surface area (Å²) in [6.07, 6.45) is 0. The highest BCUT2D eigenvalue weighted by Crippen LogP contribution is 2.26. The zero-order chi connectivity index (χ0) is 13.1. The zero-order valence-electron chi connectivity index (χ0n) is 11.8. The molecule has 0 spiro atoms. The maximum absolute atomic E-state index is 4.79. The summed E-state index contributed by atoms with van der Waals surface area (Å²) in [7, 11) is 2.19. The minimum absolute atomic E-state index is 0.350. The van der Waals surface area contributed by atoms with Gasteiger partial charge in [0.1, 0.15) is 0 Å². The Labute approximate surface area is 114 Å². The van der Waals surface area contributed by atoms with Crippen molar-refractivity contribution in [3.63, 3.8) is 0 Å². The fraction of sp³-hybridized carbons (Fsp3) is 0.769. The molecule has 0 aromatic carbocycles. The van der Waals surface area contributed by atoms with Gasteiger partial charge >= 0.3 is 0 Å². The van der Waals surface area contributed by atoms with Crippen LogP contribution in [0.1, 0.15) is 32.5 Å². The van der Waals surface area contributed by atoms with Crippen molar-refractivity contribution in [3.05, 3.63) is 11.1 Å². The van der Waals surface area contributed by atoms with Crippen molar-refractivity contribution in [2.24, 2.45) is 0 Å². The molecule has 5 heteroatoms. The maximum Gasteiger partial charge on any atom is 0.185 e. The SMILES string of the molecule is CCNC(C)c1csc(N2CCN(C)CC2C)n1. The normalized spacial score (nSPS) is 23.3. The molecule has 0 aliphatic carbocycles. The summed E-state index contributed by atoms with van der Waals surface area (Å²) in [6, 6.07) is 0.903. The second-order valence-electron chi connectivity index (χ2n) is 5.14. The van der Waals surface area contributed by atoms with Crippen molar-refractivity contribution in [2.45, 2.75) is 32.9 Å². The molecular weight excluding hydrogens is 244 g/mol. The Morgan fingerprint density at radius 1 is 1.56 bits per heavy atom. The number of nitrogens with zero attached hydrogens (tertiary/aromatic N) is 3. The third-order valence-electron chi connectivity index (χ3n) is 3.54. The van der Waals surface area contributed by atoms with Crippen molar-refractivity contribution >= 4 is 16.5 Å². The van der Waals surface area contributed by atoms with E-state index in [9.17, 15) is 0 Å². The van der Waals surface area contributed by atoms with Crippen LogP contribution < -0.4 is 10.2 Å². The lowest BCUT2D eigenvalue weighted by atomic mass is 10.2. The van der Waals surface area contributed by atoms with Gasteiger partial charge in [0, 0.05) is 37.1 Å². The molecule has 1 aliphatic rings. The third kappa shape index (κ3) is 3.02. The van der Waals surface area contributed by atoms with Crippen LogP contribution in [-0.2, 0) is 0 Å². The second-order valence-corrected chi connectivity index (χ2v) is 5.98. The molecule has 0 radical (unpaired) electrons. The van der Waals surface area contributed by atoms with E-state index in [1.165, 1.54) is 10.8 Å². The number of piperazine rings is 1. The predicted molar refractivity (Wildman–Crippen MR) is 78.5 cm³/mol. The van der Waals surface area contributed by atoms with Crippen LogP contribution in [0, 0.1) is 0 Å². The number of aromatic nitrogens is 1. The van der Waals surface area contributed by atoms with Crippen LogP contribution in [0.25, 0.3) is 0 Å². The van der Waals surface area contributed by atoms with E-state index >= 15 is 0 Å². The molecule has 4 nitrogen and oxygen atoms in total. The fourth-order valence-corrected chi connectivity index (χ4v) is 3.49. The number of hydrogen-bond acceptors (Lipinski definition) is 5. The molecule has 2 unspecified atom stereocenters. The van der Waals surface area contributed by atoms with Crippen molar-refractivity contribution in [2.75, 3.05) is 38.1 Å². The lowest BCUT2D eigenvalue weighted by Gasteiger charge is -2.38. The number of nitrogens with one attached hydrogen (secondary N) is 1. The lowest BCUT2D eigenvalue weighted by Crippen LogP contribution is -2.50. The van der Waals surface area contributed by atoms with Crippen molar-refractivity contribution in [3.8, 4) is 0 Å². The number of rotatable bonds is 4. The van der Waals surface area contributed by atoms with E-state index in [0.717, 1.165) is 26.2 Å². The van der Waals surface area contributed by atoms with Gasteiger partial charge < -0.3 is 15.1 Å². The molecule has 1 aliphatic heterocycles. The Kier molecular flexibility index (Phi) is 4.59. The van der Waals surface area contributed by atoms with E-state index in [2.05, 4.69) is 48.3 Å². The summed E-state index contributed by atoms with van der Waals surface area (Å²) in [5.74, 6) is 0. The van der Waals surface area contributed by atoms with Crippen molar-refractivity contribution in [1.82, 2.24) is 15.2 Å². The zero-order valence-corrected chi connectivity index (χ0v) is 12.6. The third-order valence-corrected chi connectivity index (χ3v) is 4.44. The molecule has 1 fully saturated rings. The first-order valence-electron chi connectivity index (χ1n) is 6.75. The highest BCUT2D eigenvalue weighted by molar-refractivity contribution is 7.13. The minimum atomic E-state index is 0.350. The van der Waals surface area contributed by atoms with E-state index in [4.69, 9.17) is 4.98 Å². The summed E-state index contributed by atoms with van der Waals surface area (Å²) >= 11 is 1.77. The second kappa shape index (κ2) is 5.99. The number of hydrogen-bond donors (Lipinski definition) is 1. The summed E-state index contributed by atoms with van der Waals surface area (Å²) < 4.78 is 0. The highest BCUT2D eigenvalue weighted by Gasteiger charge is 2.24. The lowest BCUT2D eigenvalue weighted by molar-refractivity contribution is 0.275. The van der Waals surface area contributed by atoms with E-state index in [-0.39, 0.29) is 0 Å². The predicted octanol–water partition coefficient (Wildman–Crippen LogP) is 1.95. The molecule has 18 heavy (non-hydrogen) atoms. The van der Waals surface area contributed by atoms with Crippen LogP contribution in [-0.4, -0.2) is 49.2 Å². The van der Waals surface area contributed by atoms with Crippen LogP contribution in [0.2, 0.25) is 0 Å². The van der Waals surface area contributed by atoms with Crippen molar-refractivity contribution in [1.29, 1.82) is 0 Å². The molecule has 1 aromatic rings. The van der Waals surface area contributed by atoms with Gasteiger partial charge in [-0.3, -0.25) is 0 Å². The molecule has 2 heterocycles. The molecule has 1 aromatic heterocycles. The number of thiazole rings is 1. The van der Waals surface area contributed by atoms with Crippen LogP contribution in [0.15, 0.2) is 5.38 Å². The number of anilines is 1. The van der Waals surface area contributed by atoms with Crippen LogP contribution in [0.5, 0.6) is 0 Å². The first kappa shape index (κ1) is 13.8. The Bertz CT molecular complexity index is 379. The molecule has 102 valence electrons. The number of likely N-dealkylation sites (N-methyl/N-ethyl adjacent to an activating group) is 1. The summed E-state index contributed by atoms with van der Waals surface area (Å²) in [6.45, 7) is 10.9. The van der Waals surface area contributed by atoms with Gasteiger partial charge in [-0.05, 0) is 27.4 Å². The smallest absolute Gasteiger partial charge is 0.185 e.